The van der Waals surface area contributed by atoms with Crippen LogP contribution in [0.2, 0.25) is 0 Å². The lowest BCUT2D eigenvalue weighted by Gasteiger charge is -2.11. The van der Waals surface area contributed by atoms with Crippen molar-refractivity contribution in [2.24, 2.45) is 5.73 Å². The molecule has 5 heteroatoms. The Hall–Kier alpha value is -1.88. The second-order valence-corrected chi connectivity index (χ2v) is 5.37. The molecule has 1 aromatic heterocycles. The van der Waals surface area contributed by atoms with Gasteiger partial charge < -0.3 is 15.0 Å². The molecule has 0 spiro atoms. The van der Waals surface area contributed by atoms with Crippen LogP contribution in [0.1, 0.15) is 39.4 Å². The summed E-state index contributed by atoms with van der Waals surface area (Å²) < 4.78 is 10.8. The highest BCUT2D eigenvalue weighted by Crippen LogP contribution is 2.23. The topological polar surface area (TPSA) is 74.2 Å². The van der Waals surface area contributed by atoms with E-state index in [0.717, 1.165) is 30.8 Å². The van der Waals surface area contributed by atoms with Gasteiger partial charge in [-0.1, -0.05) is 18.5 Å². The molecule has 1 aromatic carbocycles. The third kappa shape index (κ3) is 3.57. The van der Waals surface area contributed by atoms with Crippen LogP contribution in [0.15, 0.2) is 28.8 Å². The first-order valence-corrected chi connectivity index (χ1v) is 6.87. The Labute approximate surface area is 119 Å². The summed E-state index contributed by atoms with van der Waals surface area (Å²) in [7, 11) is 0. The maximum atomic E-state index is 5.94. The number of aromatic nitrogens is 2. The van der Waals surface area contributed by atoms with Gasteiger partial charge in [0, 0.05) is 5.56 Å². The molecule has 0 radical (unpaired) electrons. The van der Waals surface area contributed by atoms with Crippen LogP contribution in [0.25, 0.3) is 11.5 Å². The third-order valence-electron chi connectivity index (χ3n) is 2.87. The summed E-state index contributed by atoms with van der Waals surface area (Å²) >= 11 is 0. The third-order valence-corrected chi connectivity index (χ3v) is 2.87. The van der Waals surface area contributed by atoms with E-state index in [1.165, 1.54) is 0 Å². The van der Waals surface area contributed by atoms with E-state index in [4.69, 9.17) is 15.0 Å². The van der Waals surface area contributed by atoms with Gasteiger partial charge in [0.2, 0.25) is 0 Å². The van der Waals surface area contributed by atoms with Crippen LogP contribution in [0.4, 0.5) is 0 Å². The van der Waals surface area contributed by atoms with Crippen LogP contribution < -0.4 is 10.5 Å². The van der Waals surface area contributed by atoms with Crippen molar-refractivity contribution in [1.82, 2.24) is 10.1 Å². The van der Waals surface area contributed by atoms with Gasteiger partial charge in [-0.15, -0.1) is 0 Å². The molecule has 2 N–H and O–H groups in total. The number of benzene rings is 1. The van der Waals surface area contributed by atoms with E-state index >= 15 is 0 Å². The van der Waals surface area contributed by atoms with E-state index in [-0.39, 0.29) is 0 Å². The number of hydrogen-bond donors (Lipinski definition) is 1. The summed E-state index contributed by atoms with van der Waals surface area (Å²) in [4.78, 5) is 4.31. The van der Waals surface area contributed by atoms with Crippen molar-refractivity contribution in [3.8, 4) is 17.2 Å². The molecule has 0 saturated heterocycles. The Morgan fingerprint density at radius 2 is 1.95 bits per heavy atom. The fourth-order valence-corrected chi connectivity index (χ4v) is 1.63. The number of hydrogen-bond acceptors (Lipinski definition) is 5. The lowest BCUT2D eigenvalue weighted by atomic mass is 10.1. The number of nitrogens with two attached hydrogens (primary N) is 1. The Morgan fingerprint density at radius 3 is 2.50 bits per heavy atom. The maximum absolute atomic E-state index is 5.94. The van der Waals surface area contributed by atoms with Crippen LogP contribution in [-0.4, -0.2) is 16.7 Å². The molecule has 0 fully saturated rings. The summed E-state index contributed by atoms with van der Waals surface area (Å²) in [5, 5.41) is 3.90. The van der Waals surface area contributed by atoms with Crippen molar-refractivity contribution in [2.75, 3.05) is 6.61 Å². The van der Waals surface area contributed by atoms with Gasteiger partial charge in [0.05, 0.1) is 12.1 Å². The van der Waals surface area contributed by atoms with E-state index < -0.39 is 5.54 Å². The Morgan fingerprint density at radius 1 is 1.25 bits per heavy atom. The highest BCUT2D eigenvalue weighted by molar-refractivity contribution is 5.54. The second-order valence-electron chi connectivity index (χ2n) is 5.37. The SMILES string of the molecule is CCCCOc1ccc(-c2nc(C(C)(C)N)no2)cc1. The predicted molar refractivity (Wildman–Crippen MR) is 77.4 cm³/mol. The van der Waals surface area contributed by atoms with Gasteiger partial charge in [-0.3, -0.25) is 0 Å². The minimum Gasteiger partial charge on any atom is -0.494 e. The summed E-state index contributed by atoms with van der Waals surface area (Å²) in [6.07, 6.45) is 2.18. The zero-order valence-electron chi connectivity index (χ0n) is 12.2. The molecule has 0 aliphatic heterocycles. The molecule has 1 heterocycles. The summed E-state index contributed by atoms with van der Waals surface area (Å²) in [5.74, 6) is 1.82. The molecule has 0 amide bonds. The quantitative estimate of drug-likeness (QED) is 0.820. The zero-order valence-corrected chi connectivity index (χ0v) is 12.2. The minimum atomic E-state index is -0.606. The normalized spacial score (nSPS) is 11.6. The standard InChI is InChI=1S/C15H21N3O2/c1-4-5-10-19-12-8-6-11(7-9-12)13-17-14(18-20-13)15(2,3)16/h6-9H,4-5,10,16H2,1-3H3. The average Bonchev–Trinajstić information content (AvgIpc) is 2.89. The zero-order chi connectivity index (χ0) is 14.6. The molecule has 0 bridgehead atoms. The molecule has 0 atom stereocenters. The molecule has 0 unspecified atom stereocenters. The molecular weight excluding hydrogens is 254 g/mol. The maximum Gasteiger partial charge on any atom is 0.257 e. The molecule has 2 aromatic rings. The molecule has 2 rings (SSSR count). The van der Waals surface area contributed by atoms with E-state index in [1.807, 2.05) is 38.1 Å². The van der Waals surface area contributed by atoms with Crippen LogP contribution in [-0.2, 0) is 5.54 Å². The first kappa shape index (κ1) is 14.5. The second kappa shape index (κ2) is 6.05. The van der Waals surface area contributed by atoms with Gasteiger partial charge in [-0.2, -0.15) is 4.98 Å². The Balaban J connectivity index is 2.08. The van der Waals surface area contributed by atoms with Gasteiger partial charge in [-0.25, -0.2) is 0 Å². The van der Waals surface area contributed by atoms with Gasteiger partial charge in [0.1, 0.15) is 5.75 Å². The largest absolute Gasteiger partial charge is 0.494 e. The minimum absolute atomic E-state index is 0.471. The molecule has 20 heavy (non-hydrogen) atoms. The number of unbranched alkanes of at least 4 members (excludes halogenated alkanes) is 1. The first-order valence-electron chi connectivity index (χ1n) is 6.87. The van der Waals surface area contributed by atoms with E-state index in [0.29, 0.717) is 11.7 Å². The number of nitrogens with zero attached hydrogens (tertiary/aromatic N) is 2. The summed E-state index contributed by atoms with van der Waals surface area (Å²) in [6, 6.07) is 7.62. The van der Waals surface area contributed by atoms with E-state index in [2.05, 4.69) is 17.1 Å². The molecule has 0 saturated carbocycles. The van der Waals surface area contributed by atoms with E-state index in [1.54, 1.807) is 0 Å². The van der Waals surface area contributed by atoms with Gasteiger partial charge in [0.15, 0.2) is 5.82 Å². The van der Waals surface area contributed by atoms with Gasteiger partial charge in [-0.05, 0) is 44.5 Å². The predicted octanol–water partition coefficient (Wildman–Crippen LogP) is 3.11. The molecule has 0 aliphatic carbocycles. The number of rotatable bonds is 6. The van der Waals surface area contributed by atoms with Gasteiger partial charge >= 0.3 is 0 Å². The van der Waals surface area contributed by atoms with Crippen molar-refractivity contribution in [3.63, 3.8) is 0 Å². The lowest BCUT2D eigenvalue weighted by Crippen LogP contribution is -2.30. The van der Waals surface area contributed by atoms with Crippen LogP contribution in [0.3, 0.4) is 0 Å². The molecule has 5 nitrogen and oxygen atoms in total. The highest BCUT2D eigenvalue weighted by Gasteiger charge is 2.21. The average molecular weight is 275 g/mol. The Kier molecular flexibility index (Phi) is 4.39. The Bertz CT molecular complexity index is 541. The van der Waals surface area contributed by atoms with Crippen molar-refractivity contribution < 1.29 is 9.26 Å². The fourth-order valence-electron chi connectivity index (χ4n) is 1.63. The van der Waals surface area contributed by atoms with Crippen LogP contribution >= 0.6 is 0 Å². The monoisotopic (exact) mass is 275 g/mol. The number of ether oxygens (including phenoxy) is 1. The molecule has 0 aliphatic rings. The van der Waals surface area contributed by atoms with Crippen molar-refractivity contribution in [1.29, 1.82) is 0 Å². The lowest BCUT2D eigenvalue weighted by molar-refractivity contribution is 0.309. The highest BCUT2D eigenvalue weighted by atomic mass is 16.5. The van der Waals surface area contributed by atoms with Crippen molar-refractivity contribution >= 4 is 0 Å². The van der Waals surface area contributed by atoms with Crippen molar-refractivity contribution in [2.45, 2.75) is 39.2 Å². The van der Waals surface area contributed by atoms with E-state index in [9.17, 15) is 0 Å². The smallest absolute Gasteiger partial charge is 0.257 e. The first-order chi connectivity index (χ1) is 9.50. The van der Waals surface area contributed by atoms with Crippen molar-refractivity contribution in [3.05, 3.63) is 30.1 Å². The summed E-state index contributed by atoms with van der Waals surface area (Å²) in [6.45, 7) is 6.55. The fraction of sp³-hybridized carbons (Fsp3) is 0.467. The van der Waals surface area contributed by atoms with Gasteiger partial charge in [0.25, 0.3) is 5.89 Å². The molecular formula is C15H21N3O2. The van der Waals surface area contributed by atoms with Crippen LogP contribution in [0.5, 0.6) is 5.75 Å². The van der Waals surface area contributed by atoms with Crippen LogP contribution in [0, 0.1) is 0 Å². The molecule has 108 valence electrons. The summed E-state index contributed by atoms with van der Waals surface area (Å²) in [5.41, 5.74) is 6.19.